The summed E-state index contributed by atoms with van der Waals surface area (Å²) in [5.41, 5.74) is 1.97. The zero-order chi connectivity index (χ0) is 8.97. The van der Waals surface area contributed by atoms with E-state index >= 15 is 0 Å². The summed E-state index contributed by atoms with van der Waals surface area (Å²) in [6.07, 6.45) is 0.912. The van der Waals surface area contributed by atoms with Crippen molar-refractivity contribution in [1.29, 1.82) is 0 Å². The van der Waals surface area contributed by atoms with Crippen LogP contribution in [-0.2, 0) is 6.42 Å². The molecule has 64 valence electrons. The summed E-state index contributed by atoms with van der Waals surface area (Å²) >= 11 is 3.36. The second-order valence-corrected chi connectivity index (χ2v) is 3.45. The molecule has 2 heteroatoms. The summed E-state index contributed by atoms with van der Waals surface area (Å²) in [6.45, 7) is 1.60. The first-order chi connectivity index (χ1) is 5.75. The smallest absolute Gasteiger partial charge is 0.160 e. The lowest BCUT2D eigenvalue weighted by Crippen LogP contribution is -1.99. The second-order valence-electron chi connectivity index (χ2n) is 2.65. The molecule has 0 bridgehead atoms. The van der Waals surface area contributed by atoms with Crippen LogP contribution in [0.2, 0.25) is 0 Å². The van der Waals surface area contributed by atoms with Crippen molar-refractivity contribution < 1.29 is 4.79 Å². The number of benzene rings is 1. The van der Waals surface area contributed by atoms with Crippen LogP contribution >= 0.6 is 15.9 Å². The molecule has 0 radical (unpaired) electrons. The molecule has 0 atom stereocenters. The maximum Gasteiger partial charge on any atom is 0.160 e. The van der Waals surface area contributed by atoms with Crippen molar-refractivity contribution in [2.45, 2.75) is 13.3 Å². The zero-order valence-corrected chi connectivity index (χ0v) is 8.60. The minimum atomic E-state index is 0.145. The van der Waals surface area contributed by atoms with E-state index in [-0.39, 0.29) is 5.78 Å². The van der Waals surface area contributed by atoms with Crippen LogP contribution in [0, 0.1) is 0 Å². The van der Waals surface area contributed by atoms with Gasteiger partial charge in [0.2, 0.25) is 0 Å². The highest BCUT2D eigenvalue weighted by Gasteiger charge is 2.04. The van der Waals surface area contributed by atoms with E-state index in [1.165, 1.54) is 0 Å². The number of hydrogen-bond donors (Lipinski definition) is 0. The number of Topliss-reactive ketones (excluding diaryl/α,β-unsaturated/α-hetero) is 1. The first kappa shape index (κ1) is 9.46. The molecule has 0 aliphatic heterocycles. The fourth-order valence-corrected chi connectivity index (χ4v) is 1.61. The predicted molar refractivity (Wildman–Crippen MR) is 53.9 cm³/mol. The van der Waals surface area contributed by atoms with E-state index in [0.717, 1.165) is 22.9 Å². The molecular weight excluding hydrogens is 216 g/mol. The molecule has 12 heavy (non-hydrogen) atoms. The lowest BCUT2D eigenvalue weighted by molar-refractivity contribution is 0.101. The molecule has 0 aliphatic rings. The Hall–Kier alpha value is -0.630. The van der Waals surface area contributed by atoms with E-state index in [0.29, 0.717) is 0 Å². The Labute approximate surface area is 80.9 Å². The Kier molecular flexibility index (Phi) is 3.48. The van der Waals surface area contributed by atoms with Gasteiger partial charge in [0.15, 0.2) is 5.78 Å². The molecule has 0 saturated heterocycles. The molecular formula is C10H11BrO. The molecule has 0 saturated carbocycles. The summed E-state index contributed by atoms with van der Waals surface area (Å²) in [5, 5.41) is 0.900. The maximum atomic E-state index is 11.1. The summed E-state index contributed by atoms with van der Waals surface area (Å²) in [5.74, 6) is 0.145. The number of rotatable bonds is 3. The highest BCUT2D eigenvalue weighted by Crippen LogP contribution is 2.10. The number of ketones is 1. The molecule has 0 heterocycles. The summed E-state index contributed by atoms with van der Waals surface area (Å²) < 4.78 is 0. The van der Waals surface area contributed by atoms with Crippen LogP contribution in [0.1, 0.15) is 22.8 Å². The number of aryl methyl sites for hydroxylation is 1. The maximum absolute atomic E-state index is 11.1. The van der Waals surface area contributed by atoms with Gasteiger partial charge in [-0.15, -0.1) is 0 Å². The fourth-order valence-electron chi connectivity index (χ4n) is 1.18. The minimum absolute atomic E-state index is 0.145. The number of carbonyl (C=O) groups excluding carboxylic acids is 1. The van der Waals surface area contributed by atoms with Gasteiger partial charge in [-0.1, -0.05) is 40.2 Å². The summed E-state index contributed by atoms with van der Waals surface area (Å²) in [7, 11) is 0. The first-order valence-electron chi connectivity index (χ1n) is 3.90. The van der Waals surface area contributed by atoms with Crippen molar-refractivity contribution in [3.05, 3.63) is 35.4 Å². The van der Waals surface area contributed by atoms with Gasteiger partial charge in [0.05, 0.1) is 0 Å². The van der Waals surface area contributed by atoms with Crippen LogP contribution in [0.25, 0.3) is 0 Å². The Balaban J connectivity index is 3.00. The number of alkyl halides is 1. The molecule has 1 nitrogen and oxygen atoms in total. The van der Waals surface area contributed by atoms with E-state index in [1.54, 1.807) is 6.92 Å². The van der Waals surface area contributed by atoms with E-state index in [1.807, 2.05) is 24.3 Å². The Bertz CT molecular complexity index is 281. The lowest BCUT2D eigenvalue weighted by Gasteiger charge is -2.03. The quantitative estimate of drug-likeness (QED) is 0.573. The zero-order valence-electron chi connectivity index (χ0n) is 7.01. The van der Waals surface area contributed by atoms with Crippen LogP contribution in [0.3, 0.4) is 0 Å². The molecule has 0 aliphatic carbocycles. The lowest BCUT2D eigenvalue weighted by atomic mass is 10.0. The van der Waals surface area contributed by atoms with Crippen molar-refractivity contribution in [3.8, 4) is 0 Å². The van der Waals surface area contributed by atoms with E-state index in [9.17, 15) is 4.79 Å². The number of halogens is 1. The van der Waals surface area contributed by atoms with Crippen molar-refractivity contribution in [2.75, 3.05) is 5.33 Å². The largest absolute Gasteiger partial charge is 0.295 e. The molecule has 1 rings (SSSR count). The molecule has 1 aromatic rings. The topological polar surface area (TPSA) is 17.1 Å². The Morgan fingerprint density at radius 3 is 2.67 bits per heavy atom. The second kappa shape index (κ2) is 4.41. The molecule has 0 amide bonds. The molecule has 0 aromatic heterocycles. The SMILES string of the molecule is CC(=O)c1ccccc1CCBr. The monoisotopic (exact) mass is 226 g/mol. The van der Waals surface area contributed by atoms with Crippen LogP contribution in [-0.4, -0.2) is 11.1 Å². The third-order valence-electron chi connectivity index (χ3n) is 1.76. The summed E-state index contributed by atoms with van der Waals surface area (Å²) in [4.78, 5) is 11.1. The number of carbonyl (C=O) groups is 1. The van der Waals surface area contributed by atoms with Crippen LogP contribution < -0.4 is 0 Å². The number of hydrogen-bond acceptors (Lipinski definition) is 1. The third-order valence-corrected chi connectivity index (χ3v) is 2.16. The highest BCUT2D eigenvalue weighted by atomic mass is 79.9. The average molecular weight is 227 g/mol. The van der Waals surface area contributed by atoms with E-state index in [2.05, 4.69) is 15.9 Å². The highest BCUT2D eigenvalue weighted by molar-refractivity contribution is 9.09. The van der Waals surface area contributed by atoms with Gasteiger partial charge in [-0.25, -0.2) is 0 Å². The van der Waals surface area contributed by atoms with Crippen molar-refractivity contribution >= 4 is 21.7 Å². The van der Waals surface area contributed by atoms with Gasteiger partial charge in [0, 0.05) is 10.9 Å². The van der Waals surface area contributed by atoms with Gasteiger partial charge >= 0.3 is 0 Å². The van der Waals surface area contributed by atoms with Crippen molar-refractivity contribution in [1.82, 2.24) is 0 Å². The fraction of sp³-hybridized carbons (Fsp3) is 0.300. The third kappa shape index (κ3) is 2.18. The summed E-state index contributed by atoms with van der Waals surface area (Å²) in [6, 6.07) is 7.73. The van der Waals surface area contributed by atoms with Gasteiger partial charge in [-0.05, 0) is 18.9 Å². The Morgan fingerprint density at radius 2 is 2.08 bits per heavy atom. The Morgan fingerprint density at radius 1 is 1.42 bits per heavy atom. The van der Waals surface area contributed by atoms with Gasteiger partial charge in [0.25, 0.3) is 0 Å². The first-order valence-corrected chi connectivity index (χ1v) is 5.02. The van der Waals surface area contributed by atoms with Crippen molar-refractivity contribution in [2.24, 2.45) is 0 Å². The predicted octanol–water partition coefficient (Wildman–Crippen LogP) is 2.83. The van der Waals surface area contributed by atoms with Gasteiger partial charge in [-0.2, -0.15) is 0 Å². The average Bonchev–Trinajstić information content (AvgIpc) is 2.05. The van der Waals surface area contributed by atoms with Crippen LogP contribution in [0.5, 0.6) is 0 Å². The standard InChI is InChI=1S/C10H11BrO/c1-8(12)10-5-3-2-4-9(10)6-7-11/h2-5H,6-7H2,1H3. The molecule has 0 spiro atoms. The molecule has 0 N–H and O–H groups in total. The molecule has 1 aromatic carbocycles. The van der Waals surface area contributed by atoms with E-state index < -0.39 is 0 Å². The van der Waals surface area contributed by atoms with Crippen LogP contribution in [0.4, 0.5) is 0 Å². The van der Waals surface area contributed by atoms with Crippen LogP contribution in [0.15, 0.2) is 24.3 Å². The van der Waals surface area contributed by atoms with E-state index in [4.69, 9.17) is 0 Å². The minimum Gasteiger partial charge on any atom is -0.295 e. The normalized spacial score (nSPS) is 9.83. The van der Waals surface area contributed by atoms with Gasteiger partial charge in [-0.3, -0.25) is 4.79 Å². The molecule has 0 unspecified atom stereocenters. The van der Waals surface area contributed by atoms with Crippen molar-refractivity contribution in [3.63, 3.8) is 0 Å². The molecule has 0 fully saturated rings. The van der Waals surface area contributed by atoms with Gasteiger partial charge in [0.1, 0.15) is 0 Å². The van der Waals surface area contributed by atoms with Gasteiger partial charge < -0.3 is 0 Å².